The lowest BCUT2D eigenvalue weighted by molar-refractivity contribution is 0.408. The lowest BCUT2D eigenvalue weighted by Gasteiger charge is -2.14. The van der Waals surface area contributed by atoms with E-state index in [1.54, 1.807) is 18.8 Å². The van der Waals surface area contributed by atoms with Gasteiger partial charge in [0.25, 0.3) is 0 Å². The second kappa shape index (κ2) is 12.8. The minimum atomic E-state index is 0. The topological polar surface area (TPSA) is 113 Å². The minimum Gasteiger partial charge on any atom is -0.496 e. The van der Waals surface area contributed by atoms with Crippen molar-refractivity contribution in [2.24, 2.45) is 4.99 Å². The molecular formula is C25H32IN7O. The Morgan fingerprint density at radius 1 is 1.15 bits per heavy atom. The largest absolute Gasteiger partial charge is 0.496 e. The van der Waals surface area contributed by atoms with Gasteiger partial charge < -0.3 is 21.1 Å². The van der Waals surface area contributed by atoms with E-state index >= 15 is 0 Å². The first-order chi connectivity index (χ1) is 16.0. The third kappa shape index (κ3) is 6.63. The van der Waals surface area contributed by atoms with E-state index in [0.717, 1.165) is 34.5 Å². The lowest BCUT2D eigenvalue weighted by Crippen LogP contribution is -2.37. The number of ether oxygens (including phenoxy) is 1. The van der Waals surface area contributed by atoms with Gasteiger partial charge >= 0.3 is 0 Å². The van der Waals surface area contributed by atoms with Gasteiger partial charge in [0.05, 0.1) is 18.5 Å². The van der Waals surface area contributed by atoms with E-state index in [4.69, 9.17) is 10.5 Å². The number of nitriles is 1. The van der Waals surface area contributed by atoms with Crippen LogP contribution in [0.3, 0.4) is 0 Å². The van der Waals surface area contributed by atoms with E-state index in [0.29, 0.717) is 42.5 Å². The molecule has 3 rings (SSSR count). The van der Waals surface area contributed by atoms with Crippen LogP contribution in [0.4, 0.5) is 5.82 Å². The standard InChI is InChI=1S/C25H31N7O.HI/c1-17-8-11-20(12-9-17)32-24(27)21(15-26)22(31-32)6-5-13-29-25(28-3)30-16-19-10-7-18(2)14-23(19)33-4;/h7-12,14H,5-6,13,16,27H2,1-4H3,(H2,28,29,30);1H. The first-order valence-electron chi connectivity index (χ1n) is 10.9. The molecule has 0 saturated carbocycles. The Hall–Kier alpha value is -3.26. The van der Waals surface area contributed by atoms with E-state index in [-0.39, 0.29) is 24.0 Å². The molecule has 8 nitrogen and oxygen atoms in total. The minimum absolute atomic E-state index is 0. The molecule has 0 unspecified atom stereocenters. The predicted octanol–water partition coefficient (Wildman–Crippen LogP) is 3.87. The van der Waals surface area contributed by atoms with Crippen LogP contribution in [-0.4, -0.2) is 36.4 Å². The highest BCUT2D eigenvalue weighted by molar-refractivity contribution is 14.0. The molecule has 3 aromatic rings. The van der Waals surface area contributed by atoms with Crippen LogP contribution >= 0.6 is 24.0 Å². The summed E-state index contributed by atoms with van der Waals surface area (Å²) >= 11 is 0. The van der Waals surface area contributed by atoms with Crippen LogP contribution in [0.15, 0.2) is 47.5 Å². The number of benzene rings is 2. The number of nitrogen functional groups attached to an aromatic ring is 1. The van der Waals surface area contributed by atoms with Crippen LogP contribution in [0, 0.1) is 25.2 Å². The molecule has 0 amide bonds. The summed E-state index contributed by atoms with van der Waals surface area (Å²) in [7, 11) is 3.41. The van der Waals surface area contributed by atoms with Gasteiger partial charge in [-0.1, -0.05) is 29.8 Å². The summed E-state index contributed by atoms with van der Waals surface area (Å²) < 4.78 is 7.10. The molecule has 0 bridgehead atoms. The Labute approximate surface area is 218 Å². The third-order valence-corrected chi connectivity index (χ3v) is 5.38. The molecule has 9 heteroatoms. The highest BCUT2D eigenvalue weighted by Crippen LogP contribution is 2.22. The Morgan fingerprint density at radius 3 is 2.50 bits per heavy atom. The zero-order chi connectivity index (χ0) is 23.8. The Balaban J connectivity index is 0.00000408. The molecule has 0 radical (unpaired) electrons. The molecule has 0 saturated heterocycles. The number of aromatic nitrogens is 2. The van der Waals surface area contributed by atoms with Crippen LogP contribution in [-0.2, 0) is 13.0 Å². The normalized spacial score (nSPS) is 10.9. The number of nitrogens with one attached hydrogen (secondary N) is 2. The monoisotopic (exact) mass is 573 g/mol. The highest BCUT2D eigenvalue weighted by atomic mass is 127. The van der Waals surface area contributed by atoms with E-state index in [1.807, 2.05) is 50.2 Å². The molecule has 1 aromatic heterocycles. The average Bonchev–Trinajstić information content (AvgIpc) is 3.14. The van der Waals surface area contributed by atoms with Crippen molar-refractivity contribution in [1.29, 1.82) is 5.26 Å². The van der Waals surface area contributed by atoms with Crippen molar-refractivity contribution in [3.63, 3.8) is 0 Å². The number of nitrogens with zero attached hydrogens (tertiary/aromatic N) is 4. The molecule has 4 N–H and O–H groups in total. The average molecular weight is 573 g/mol. The molecule has 180 valence electrons. The van der Waals surface area contributed by atoms with E-state index < -0.39 is 0 Å². The Bertz CT molecular complexity index is 1160. The molecule has 0 aliphatic carbocycles. The highest BCUT2D eigenvalue weighted by Gasteiger charge is 2.16. The van der Waals surface area contributed by atoms with Crippen LogP contribution in [0.5, 0.6) is 5.75 Å². The summed E-state index contributed by atoms with van der Waals surface area (Å²) in [5.74, 6) is 1.92. The van der Waals surface area contributed by atoms with Gasteiger partial charge in [-0.15, -0.1) is 24.0 Å². The number of aliphatic imine (C=N–C) groups is 1. The number of anilines is 1. The number of hydrogen-bond donors (Lipinski definition) is 3. The maximum atomic E-state index is 9.59. The predicted molar refractivity (Wildman–Crippen MR) is 147 cm³/mol. The molecular weight excluding hydrogens is 541 g/mol. The quantitative estimate of drug-likeness (QED) is 0.163. The van der Waals surface area contributed by atoms with E-state index in [9.17, 15) is 5.26 Å². The first kappa shape index (κ1) is 27.0. The van der Waals surface area contributed by atoms with Crippen molar-refractivity contribution in [2.75, 3.05) is 26.4 Å². The van der Waals surface area contributed by atoms with Crippen molar-refractivity contribution in [2.45, 2.75) is 33.2 Å². The molecule has 0 aliphatic rings. The molecule has 0 atom stereocenters. The molecule has 0 spiro atoms. The van der Waals surface area contributed by atoms with Crippen molar-refractivity contribution >= 4 is 35.8 Å². The maximum absolute atomic E-state index is 9.59. The van der Waals surface area contributed by atoms with Crippen molar-refractivity contribution < 1.29 is 4.74 Å². The number of nitrogens with two attached hydrogens (primary N) is 1. The summed E-state index contributed by atoms with van der Waals surface area (Å²) in [6, 6.07) is 16.2. The number of hydrogen-bond acceptors (Lipinski definition) is 5. The molecule has 34 heavy (non-hydrogen) atoms. The first-order valence-corrected chi connectivity index (χ1v) is 10.9. The van der Waals surface area contributed by atoms with E-state index in [1.165, 1.54) is 0 Å². The second-order valence-corrected chi connectivity index (χ2v) is 7.84. The van der Waals surface area contributed by atoms with Crippen LogP contribution in [0.1, 0.15) is 34.4 Å². The molecule has 0 aliphatic heterocycles. The van der Waals surface area contributed by atoms with Gasteiger partial charge in [0.2, 0.25) is 0 Å². The summed E-state index contributed by atoms with van der Waals surface area (Å²) in [6.07, 6.45) is 1.40. The summed E-state index contributed by atoms with van der Waals surface area (Å²) in [5.41, 5.74) is 11.5. The zero-order valence-corrected chi connectivity index (χ0v) is 22.4. The fourth-order valence-electron chi connectivity index (χ4n) is 3.52. The smallest absolute Gasteiger partial charge is 0.191 e. The fourth-order valence-corrected chi connectivity index (χ4v) is 3.52. The Morgan fingerprint density at radius 2 is 1.85 bits per heavy atom. The second-order valence-electron chi connectivity index (χ2n) is 7.84. The van der Waals surface area contributed by atoms with Gasteiger partial charge in [-0.2, -0.15) is 10.4 Å². The molecule has 1 heterocycles. The zero-order valence-electron chi connectivity index (χ0n) is 20.1. The lowest BCUT2D eigenvalue weighted by atomic mass is 10.1. The van der Waals surface area contributed by atoms with Crippen molar-refractivity contribution in [3.05, 3.63) is 70.4 Å². The van der Waals surface area contributed by atoms with Crippen molar-refractivity contribution in [3.8, 4) is 17.5 Å². The number of guanidine groups is 1. The summed E-state index contributed by atoms with van der Waals surface area (Å²) in [6.45, 7) is 5.33. The third-order valence-electron chi connectivity index (χ3n) is 5.38. The fraction of sp³-hybridized carbons (Fsp3) is 0.320. The van der Waals surface area contributed by atoms with Crippen molar-refractivity contribution in [1.82, 2.24) is 20.4 Å². The molecule has 0 fully saturated rings. The van der Waals surface area contributed by atoms with Gasteiger partial charge in [-0.25, -0.2) is 4.68 Å². The number of rotatable bonds is 8. The summed E-state index contributed by atoms with van der Waals surface area (Å²) in [4.78, 5) is 4.28. The van der Waals surface area contributed by atoms with Crippen LogP contribution < -0.4 is 21.1 Å². The van der Waals surface area contributed by atoms with Crippen LogP contribution in [0.2, 0.25) is 0 Å². The number of methoxy groups -OCH3 is 1. The van der Waals surface area contributed by atoms with Gasteiger partial charge in [0.15, 0.2) is 5.96 Å². The number of halogens is 1. The maximum Gasteiger partial charge on any atom is 0.191 e. The SMILES string of the molecule is CN=C(NCCCc1nn(-c2ccc(C)cc2)c(N)c1C#N)NCc1ccc(C)cc1OC.I. The Kier molecular flexibility index (Phi) is 10.2. The summed E-state index contributed by atoms with van der Waals surface area (Å²) in [5, 5.41) is 20.8. The van der Waals surface area contributed by atoms with E-state index in [2.05, 4.69) is 32.9 Å². The van der Waals surface area contributed by atoms with Crippen LogP contribution in [0.25, 0.3) is 5.69 Å². The van der Waals surface area contributed by atoms with Gasteiger partial charge in [0.1, 0.15) is 23.2 Å². The van der Waals surface area contributed by atoms with Gasteiger partial charge in [0, 0.05) is 25.7 Å². The number of aryl methyl sites for hydroxylation is 3. The van der Waals surface area contributed by atoms with Gasteiger partial charge in [-0.3, -0.25) is 4.99 Å². The van der Waals surface area contributed by atoms with Gasteiger partial charge in [-0.05, 0) is 50.5 Å². The molecule has 2 aromatic carbocycles.